The van der Waals surface area contributed by atoms with Gasteiger partial charge in [0.2, 0.25) is 0 Å². The molecule has 6 nitrogen and oxygen atoms in total. The molecule has 0 bridgehead atoms. The fourth-order valence-electron chi connectivity index (χ4n) is 4.35. The highest BCUT2D eigenvalue weighted by molar-refractivity contribution is 7.85. The second kappa shape index (κ2) is 10.9. The summed E-state index contributed by atoms with van der Waals surface area (Å²) in [5.41, 5.74) is 5.36. The average molecular weight is 457 g/mol. The van der Waals surface area contributed by atoms with E-state index in [-0.39, 0.29) is 0 Å². The molecule has 0 fully saturated rings. The van der Waals surface area contributed by atoms with Crippen molar-refractivity contribution in [3.63, 3.8) is 0 Å². The van der Waals surface area contributed by atoms with Crippen LogP contribution < -0.4 is 4.74 Å². The molecule has 1 atom stereocenters. The van der Waals surface area contributed by atoms with Crippen LogP contribution in [0, 0.1) is 0 Å². The lowest BCUT2D eigenvalue weighted by Gasteiger charge is -2.30. The Balaban J connectivity index is 0.000000523. The second-order valence-electron chi connectivity index (χ2n) is 8.39. The lowest BCUT2D eigenvalue weighted by molar-refractivity contribution is 0.299. The Hall–Kier alpha value is -2.48. The van der Waals surface area contributed by atoms with Gasteiger partial charge in [0, 0.05) is 24.7 Å². The molecule has 0 radical (unpaired) electrons. The maximum Gasteiger partial charge on any atom is 0.261 e. The quantitative estimate of drug-likeness (QED) is 0.556. The fourth-order valence-corrected chi connectivity index (χ4v) is 4.35. The molecule has 0 amide bonds. The number of methoxy groups -OCH3 is 1. The van der Waals surface area contributed by atoms with Crippen LogP contribution in [-0.4, -0.2) is 56.4 Å². The largest absolute Gasteiger partial charge is 0.496 e. The number of benzene rings is 2. The summed E-state index contributed by atoms with van der Waals surface area (Å²) in [4.78, 5) is 6.95. The van der Waals surface area contributed by atoms with E-state index in [0.717, 1.165) is 37.2 Å². The van der Waals surface area contributed by atoms with Crippen molar-refractivity contribution in [2.75, 3.05) is 33.5 Å². The summed E-state index contributed by atoms with van der Waals surface area (Å²) >= 11 is 0. The van der Waals surface area contributed by atoms with Gasteiger partial charge in [-0.2, -0.15) is 8.42 Å². The van der Waals surface area contributed by atoms with Crippen molar-refractivity contribution < 1.29 is 17.7 Å². The highest BCUT2D eigenvalue weighted by Gasteiger charge is 2.23. The van der Waals surface area contributed by atoms with E-state index in [2.05, 4.69) is 59.4 Å². The van der Waals surface area contributed by atoms with Crippen LogP contribution in [0.4, 0.5) is 0 Å². The first-order valence-corrected chi connectivity index (χ1v) is 12.7. The summed E-state index contributed by atoms with van der Waals surface area (Å²) in [6.45, 7) is 2.17. The second-order valence-corrected chi connectivity index (χ2v) is 9.86. The highest BCUT2D eigenvalue weighted by atomic mass is 32.2. The monoisotopic (exact) mass is 456 g/mol. The molecule has 0 saturated carbocycles. The molecule has 7 heteroatoms. The van der Waals surface area contributed by atoms with E-state index in [1.54, 1.807) is 7.11 Å². The van der Waals surface area contributed by atoms with Gasteiger partial charge in [-0.3, -0.25) is 9.54 Å². The summed E-state index contributed by atoms with van der Waals surface area (Å²) in [6, 6.07) is 17.3. The van der Waals surface area contributed by atoms with Crippen molar-refractivity contribution in [3.05, 3.63) is 71.4 Å². The fraction of sp³-hybridized carbons (Fsp3) is 0.400. The molecule has 1 N–H and O–H groups in total. The Bertz CT molecular complexity index is 1140. The SMILES string of the molecule is COc1cccc2c1CCC[C@H]2CN(C)CCc1ccc2cccnc2c1.CS(=O)(=O)O. The molecule has 32 heavy (non-hydrogen) atoms. The number of aromatic nitrogens is 1. The minimum Gasteiger partial charge on any atom is -0.496 e. The number of likely N-dealkylation sites (N-methyl/N-ethyl adjacent to an activating group) is 1. The van der Waals surface area contributed by atoms with Gasteiger partial charge in [-0.1, -0.05) is 30.3 Å². The van der Waals surface area contributed by atoms with Crippen LogP contribution in [0.15, 0.2) is 54.7 Å². The topological polar surface area (TPSA) is 79.7 Å². The van der Waals surface area contributed by atoms with Crippen molar-refractivity contribution in [2.24, 2.45) is 0 Å². The first-order chi connectivity index (χ1) is 15.2. The number of fused-ring (bicyclic) bond motifs is 2. The lowest BCUT2D eigenvalue weighted by Crippen LogP contribution is -2.28. The third kappa shape index (κ3) is 7.02. The number of hydrogen-bond donors (Lipinski definition) is 1. The standard InChI is InChI=1S/C24H28N2O.CH4O3S/c1-26(15-13-18-11-12-19-7-5-14-25-23(19)16-18)17-20-6-3-9-22-21(20)8-4-10-24(22)27-2;1-5(2,3)4/h4-5,7-8,10-12,14,16,20H,3,6,9,13,15,17H2,1-2H3;1H3,(H,2,3,4)/t20-;/m0./s1. The summed E-state index contributed by atoms with van der Waals surface area (Å²) in [5.74, 6) is 1.66. The maximum absolute atomic E-state index is 9.19. The van der Waals surface area contributed by atoms with Gasteiger partial charge in [-0.05, 0) is 73.5 Å². The van der Waals surface area contributed by atoms with Crippen molar-refractivity contribution in [3.8, 4) is 5.75 Å². The van der Waals surface area contributed by atoms with Crippen molar-refractivity contribution in [1.29, 1.82) is 0 Å². The van der Waals surface area contributed by atoms with Crippen molar-refractivity contribution >= 4 is 21.0 Å². The van der Waals surface area contributed by atoms with Crippen LogP contribution in [0.1, 0.15) is 35.4 Å². The molecule has 1 aliphatic carbocycles. The molecule has 0 spiro atoms. The van der Waals surface area contributed by atoms with Crippen molar-refractivity contribution in [2.45, 2.75) is 31.6 Å². The summed E-state index contributed by atoms with van der Waals surface area (Å²) < 4.78 is 31.5. The Morgan fingerprint density at radius 3 is 2.72 bits per heavy atom. The Morgan fingerprint density at radius 2 is 1.97 bits per heavy atom. The Morgan fingerprint density at radius 1 is 1.19 bits per heavy atom. The van der Waals surface area contributed by atoms with Crippen LogP contribution in [-0.2, 0) is 23.0 Å². The van der Waals surface area contributed by atoms with E-state index < -0.39 is 10.1 Å². The smallest absolute Gasteiger partial charge is 0.261 e. The van der Waals surface area contributed by atoms with Gasteiger partial charge >= 0.3 is 0 Å². The van der Waals surface area contributed by atoms with E-state index in [1.165, 1.54) is 34.9 Å². The zero-order chi connectivity index (χ0) is 23.1. The van der Waals surface area contributed by atoms with Gasteiger partial charge in [0.25, 0.3) is 10.1 Å². The highest BCUT2D eigenvalue weighted by Crippen LogP contribution is 2.36. The molecular weight excluding hydrogens is 424 g/mol. The van der Waals surface area contributed by atoms with Gasteiger partial charge in [-0.25, -0.2) is 0 Å². The molecule has 0 aliphatic heterocycles. The third-order valence-electron chi connectivity index (χ3n) is 5.79. The maximum atomic E-state index is 9.19. The van der Waals surface area contributed by atoms with Crippen molar-refractivity contribution in [1.82, 2.24) is 9.88 Å². The van der Waals surface area contributed by atoms with E-state index in [4.69, 9.17) is 9.29 Å². The molecule has 172 valence electrons. The molecule has 0 unspecified atom stereocenters. The van der Waals surface area contributed by atoms with Crippen LogP contribution in [0.25, 0.3) is 10.9 Å². The van der Waals surface area contributed by atoms with E-state index in [9.17, 15) is 8.42 Å². The van der Waals surface area contributed by atoms with Gasteiger partial charge in [0.15, 0.2) is 0 Å². The minimum atomic E-state index is -3.67. The van der Waals surface area contributed by atoms with Gasteiger partial charge < -0.3 is 9.64 Å². The molecule has 4 rings (SSSR count). The number of hydrogen-bond acceptors (Lipinski definition) is 5. The summed E-state index contributed by atoms with van der Waals surface area (Å²) in [6.07, 6.45) is 7.30. The number of pyridine rings is 1. The zero-order valence-corrected chi connectivity index (χ0v) is 19.8. The normalized spacial score (nSPS) is 15.7. The Labute approximate surface area is 191 Å². The van der Waals surface area contributed by atoms with Gasteiger partial charge in [-0.15, -0.1) is 0 Å². The van der Waals surface area contributed by atoms with Crippen LogP contribution >= 0.6 is 0 Å². The Kier molecular flexibility index (Phi) is 8.23. The number of rotatable bonds is 6. The van der Waals surface area contributed by atoms with Gasteiger partial charge in [0.1, 0.15) is 5.75 Å². The predicted octanol–water partition coefficient (Wildman–Crippen LogP) is 4.34. The summed E-state index contributed by atoms with van der Waals surface area (Å²) in [7, 11) is 0.359. The minimum absolute atomic E-state index is 0.604. The molecule has 1 aromatic heterocycles. The van der Waals surface area contributed by atoms with Crippen LogP contribution in [0.3, 0.4) is 0 Å². The first kappa shape index (κ1) is 24.2. The molecule has 1 aliphatic rings. The lowest BCUT2D eigenvalue weighted by atomic mass is 9.82. The van der Waals surface area contributed by atoms with Crippen LogP contribution in [0.2, 0.25) is 0 Å². The first-order valence-electron chi connectivity index (χ1n) is 10.8. The molecule has 1 heterocycles. The third-order valence-corrected chi connectivity index (χ3v) is 5.79. The van der Waals surface area contributed by atoms with Crippen LogP contribution in [0.5, 0.6) is 5.75 Å². The van der Waals surface area contributed by atoms with E-state index >= 15 is 0 Å². The number of ether oxygens (including phenoxy) is 1. The number of nitrogens with zero attached hydrogens (tertiary/aromatic N) is 2. The van der Waals surface area contributed by atoms with E-state index in [1.807, 2.05) is 12.3 Å². The average Bonchev–Trinajstić information content (AvgIpc) is 2.76. The molecule has 2 aromatic carbocycles. The molecule has 3 aromatic rings. The zero-order valence-electron chi connectivity index (χ0n) is 19.0. The molecular formula is C25H32N2O4S. The van der Waals surface area contributed by atoms with Gasteiger partial charge in [0.05, 0.1) is 18.9 Å². The molecule has 0 saturated heterocycles. The summed E-state index contributed by atoms with van der Waals surface area (Å²) in [5, 5.41) is 1.21. The predicted molar refractivity (Wildman–Crippen MR) is 129 cm³/mol. The van der Waals surface area contributed by atoms with E-state index in [0.29, 0.717) is 12.2 Å².